The van der Waals surface area contributed by atoms with E-state index in [0.29, 0.717) is 24.3 Å². The molecular weight excluding hydrogens is 378 g/mol. The predicted molar refractivity (Wildman–Crippen MR) is 120 cm³/mol. The number of nitrogens with one attached hydrogen (secondary N) is 2. The van der Waals surface area contributed by atoms with Crippen LogP contribution in [0.1, 0.15) is 68.5 Å². The van der Waals surface area contributed by atoms with E-state index in [1.807, 2.05) is 31.2 Å². The van der Waals surface area contributed by atoms with Crippen molar-refractivity contribution in [3.63, 3.8) is 0 Å². The van der Waals surface area contributed by atoms with Gasteiger partial charge in [0.2, 0.25) is 5.91 Å². The Kier molecular flexibility index (Phi) is 7.94. The Hall–Kier alpha value is -2.76. The van der Waals surface area contributed by atoms with E-state index >= 15 is 0 Å². The summed E-state index contributed by atoms with van der Waals surface area (Å²) in [7, 11) is 0. The molecule has 162 valence electrons. The number of unbranched alkanes of at least 4 members (excludes halogenated alkanes) is 1. The van der Waals surface area contributed by atoms with Crippen molar-refractivity contribution >= 4 is 23.2 Å². The van der Waals surface area contributed by atoms with Gasteiger partial charge in [-0.15, -0.1) is 0 Å². The maximum absolute atomic E-state index is 13.0. The molecule has 1 aliphatic carbocycles. The fraction of sp³-hybridized carbons (Fsp3) is 0.500. The largest absolute Gasteiger partial charge is 0.467 e. The van der Waals surface area contributed by atoms with Gasteiger partial charge in [-0.1, -0.05) is 26.7 Å². The van der Waals surface area contributed by atoms with Gasteiger partial charge in [0.25, 0.3) is 5.91 Å². The van der Waals surface area contributed by atoms with Gasteiger partial charge >= 0.3 is 0 Å². The Bertz CT molecular complexity index is 828. The van der Waals surface area contributed by atoms with Gasteiger partial charge in [-0.3, -0.25) is 9.59 Å². The second-order valence-corrected chi connectivity index (χ2v) is 7.96. The van der Waals surface area contributed by atoms with Crippen molar-refractivity contribution in [2.45, 2.75) is 58.9 Å². The lowest BCUT2D eigenvalue weighted by Gasteiger charge is -2.27. The summed E-state index contributed by atoms with van der Waals surface area (Å²) in [6, 6.07) is 9.46. The van der Waals surface area contributed by atoms with Crippen molar-refractivity contribution in [1.82, 2.24) is 5.32 Å². The minimum atomic E-state index is -0.118. The number of furan rings is 1. The molecule has 0 unspecified atom stereocenters. The van der Waals surface area contributed by atoms with Crippen LogP contribution in [-0.2, 0) is 11.3 Å². The molecule has 0 spiro atoms. The quantitative estimate of drug-likeness (QED) is 0.548. The van der Waals surface area contributed by atoms with Crippen molar-refractivity contribution in [2.24, 2.45) is 5.92 Å². The van der Waals surface area contributed by atoms with Gasteiger partial charge in [0.15, 0.2) is 0 Å². The molecular formula is C24H33N3O3. The zero-order valence-electron chi connectivity index (χ0n) is 18.1. The summed E-state index contributed by atoms with van der Waals surface area (Å²) < 4.78 is 5.55. The van der Waals surface area contributed by atoms with Gasteiger partial charge in [0.1, 0.15) is 5.76 Å². The summed E-state index contributed by atoms with van der Waals surface area (Å²) in [4.78, 5) is 27.5. The first-order valence-corrected chi connectivity index (χ1v) is 11.1. The maximum atomic E-state index is 13.0. The number of amides is 2. The molecule has 3 rings (SSSR count). The lowest BCUT2D eigenvalue weighted by atomic mass is 9.85. The molecule has 30 heavy (non-hydrogen) atoms. The van der Waals surface area contributed by atoms with Crippen LogP contribution >= 0.6 is 0 Å². The summed E-state index contributed by atoms with van der Waals surface area (Å²) in [5, 5.41) is 5.98. The molecule has 0 radical (unpaired) electrons. The molecule has 6 heteroatoms. The molecule has 0 aliphatic heterocycles. The van der Waals surface area contributed by atoms with Crippen LogP contribution < -0.4 is 15.5 Å². The number of carbonyl (C=O) groups excluding carboxylic acids is 2. The number of hydrogen-bond donors (Lipinski definition) is 2. The van der Waals surface area contributed by atoms with Crippen molar-refractivity contribution in [3.05, 3.63) is 47.9 Å². The van der Waals surface area contributed by atoms with Crippen molar-refractivity contribution in [1.29, 1.82) is 0 Å². The minimum Gasteiger partial charge on any atom is -0.467 e. The molecule has 1 fully saturated rings. The Morgan fingerprint density at radius 3 is 2.63 bits per heavy atom. The van der Waals surface area contributed by atoms with Gasteiger partial charge in [0, 0.05) is 24.7 Å². The molecule has 1 aromatic heterocycles. The molecule has 0 atom stereocenters. The number of rotatable bonds is 11. The van der Waals surface area contributed by atoms with E-state index in [4.69, 9.17) is 4.42 Å². The number of anilines is 2. The van der Waals surface area contributed by atoms with E-state index in [9.17, 15) is 9.59 Å². The van der Waals surface area contributed by atoms with E-state index in [1.54, 1.807) is 12.3 Å². The summed E-state index contributed by atoms with van der Waals surface area (Å²) in [6.45, 7) is 6.21. The van der Waals surface area contributed by atoms with Crippen LogP contribution in [0.15, 0.2) is 41.0 Å². The number of hydrogen-bond acceptors (Lipinski definition) is 4. The molecule has 1 heterocycles. The van der Waals surface area contributed by atoms with Crippen molar-refractivity contribution < 1.29 is 14.0 Å². The predicted octanol–water partition coefficient (Wildman–Crippen LogP) is 4.96. The number of carbonyl (C=O) groups is 2. The first-order valence-electron chi connectivity index (χ1n) is 11.1. The third-order valence-electron chi connectivity index (χ3n) is 5.57. The molecule has 2 N–H and O–H groups in total. The average Bonchev–Trinajstić information content (AvgIpc) is 3.21. The van der Waals surface area contributed by atoms with E-state index in [0.717, 1.165) is 56.5 Å². The van der Waals surface area contributed by atoms with Crippen LogP contribution in [0, 0.1) is 5.92 Å². The Morgan fingerprint density at radius 1 is 1.17 bits per heavy atom. The van der Waals surface area contributed by atoms with Crippen molar-refractivity contribution in [2.75, 3.05) is 23.3 Å². The second kappa shape index (κ2) is 10.9. The molecule has 6 nitrogen and oxygen atoms in total. The van der Waals surface area contributed by atoms with E-state index in [1.165, 1.54) is 0 Å². The first-order chi connectivity index (χ1) is 14.6. The van der Waals surface area contributed by atoms with Crippen LogP contribution in [0.2, 0.25) is 0 Å². The normalized spacial score (nSPS) is 13.5. The topological polar surface area (TPSA) is 74.6 Å². The van der Waals surface area contributed by atoms with Gasteiger partial charge in [-0.2, -0.15) is 0 Å². The van der Waals surface area contributed by atoms with Crippen LogP contribution in [0.5, 0.6) is 0 Å². The lowest BCUT2D eigenvalue weighted by molar-refractivity contribution is -0.122. The van der Waals surface area contributed by atoms with Crippen LogP contribution in [0.3, 0.4) is 0 Å². The van der Waals surface area contributed by atoms with Gasteiger partial charge < -0.3 is 20.0 Å². The average molecular weight is 412 g/mol. The number of nitrogens with zero attached hydrogens (tertiary/aromatic N) is 1. The molecule has 1 aromatic carbocycles. The van der Waals surface area contributed by atoms with E-state index in [-0.39, 0.29) is 17.7 Å². The standard InChI is InChI=1S/C24H33N3O3/c1-3-5-14-27(17-20-10-7-15-30-20)22-12-11-19(26-23(28)18-8-6-9-18)16-21(22)24(29)25-13-4-2/h7,10-12,15-16,18H,3-6,8-9,13-14,17H2,1-2H3,(H,25,29)(H,26,28). The summed E-state index contributed by atoms with van der Waals surface area (Å²) >= 11 is 0. The Morgan fingerprint density at radius 2 is 2.00 bits per heavy atom. The van der Waals surface area contributed by atoms with Crippen LogP contribution in [0.4, 0.5) is 11.4 Å². The Balaban J connectivity index is 1.88. The molecule has 2 aromatic rings. The molecule has 1 aliphatic rings. The molecule has 2 amide bonds. The smallest absolute Gasteiger partial charge is 0.253 e. The van der Waals surface area contributed by atoms with E-state index < -0.39 is 0 Å². The SMILES string of the molecule is CCCCN(Cc1ccco1)c1ccc(NC(=O)C2CCC2)cc1C(=O)NCCC. The summed E-state index contributed by atoms with van der Waals surface area (Å²) in [6.07, 6.45) is 7.61. The highest BCUT2D eigenvalue weighted by Gasteiger charge is 2.26. The van der Waals surface area contributed by atoms with Gasteiger partial charge in [0.05, 0.1) is 24.1 Å². The number of benzene rings is 1. The zero-order valence-corrected chi connectivity index (χ0v) is 18.1. The minimum absolute atomic E-state index is 0.0485. The summed E-state index contributed by atoms with van der Waals surface area (Å²) in [5.41, 5.74) is 2.11. The zero-order chi connectivity index (χ0) is 21.3. The van der Waals surface area contributed by atoms with E-state index in [2.05, 4.69) is 22.5 Å². The van der Waals surface area contributed by atoms with Gasteiger partial charge in [-0.25, -0.2) is 0 Å². The van der Waals surface area contributed by atoms with Crippen molar-refractivity contribution in [3.8, 4) is 0 Å². The highest BCUT2D eigenvalue weighted by Crippen LogP contribution is 2.30. The fourth-order valence-corrected chi connectivity index (χ4v) is 3.54. The lowest BCUT2D eigenvalue weighted by Crippen LogP contribution is -2.31. The molecule has 0 saturated heterocycles. The second-order valence-electron chi connectivity index (χ2n) is 7.96. The third-order valence-corrected chi connectivity index (χ3v) is 5.57. The monoisotopic (exact) mass is 411 g/mol. The Labute approximate surface area is 179 Å². The third kappa shape index (κ3) is 5.65. The molecule has 0 bridgehead atoms. The van der Waals surface area contributed by atoms with Crippen LogP contribution in [0.25, 0.3) is 0 Å². The highest BCUT2D eigenvalue weighted by atomic mass is 16.3. The van der Waals surface area contributed by atoms with Crippen LogP contribution in [-0.4, -0.2) is 24.9 Å². The first kappa shape index (κ1) is 21.9. The summed E-state index contributed by atoms with van der Waals surface area (Å²) in [5.74, 6) is 0.885. The maximum Gasteiger partial charge on any atom is 0.253 e. The highest BCUT2D eigenvalue weighted by molar-refractivity contribution is 6.02. The molecule has 1 saturated carbocycles. The van der Waals surface area contributed by atoms with Gasteiger partial charge in [-0.05, 0) is 56.0 Å². The fourth-order valence-electron chi connectivity index (χ4n) is 3.54.